The molecule has 0 spiro atoms. The van der Waals surface area contributed by atoms with E-state index in [1.807, 2.05) is 77.7 Å². The second-order valence-corrected chi connectivity index (χ2v) is 13.0. The largest absolute Gasteiger partial charge is 0.497 e. The van der Waals surface area contributed by atoms with Gasteiger partial charge >= 0.3 is 6.09 Å². The van der Waals surface area contributed by atoms with E-state index < -0.39 is 17.7 Å². The van der Waals surface area contributed by atoms with Gasteiger partial charge in [-0.3, -0.25) is 19.4 Å². The lowest BCUT2D eigenvalue weighted by atomic mass is 10.0. The van der Waals surface area contributed by atoms with E-state index in [-0.39, 0.29) is 30.9 Å². The first kappa shape index (κ1) is 33.8. The topological polar surface area (TPSA) is 97.8 Å². The summed E-state index contributed by atoms with van der Waals surface area (Å²) in [5.74, 6) is 0.678. The molecule has 0 radical (unpaired) electrons. The van der Waals surface area contributed by atoms with Crippen LogP contribution in [0.25, 0.3) is 11.1 Å². The van der Waals surface area contributed by atoms with Crippen LogP contribution in [-0.2, 0) is 25.6 Å². The summed E-state index contributed by atoms with van der Waals surface area (Å²) in [7, 11) is 3.25. The van der Waals surface area contributed by atoms with Gasteiger partial charge in [-0.15, -0.1) is 0 Å². The van der Waals surface area contributed by atoms with E-state index in [0.717, 1.165) is 36.0 Å². The van der Waals surface area contributed by atoms with Crippen LogP contribution in [-0.4, -0.2) is 85.9 Å². The van der Waals surface area contributed by atoms with Gasteiger partial charge in [0.2, 0.25) is 11.8 Å². The van der Waals surface area contributed by atoms with Crippen LogP contribution >= 0.6 is 0 Å². The van der Waals surface area contributed by atoms with Crippen LogP contribution in [0.15, 0.2) is 72.8 Å². The first-order chi connectivity index (χ1) is 22.6. The SMILES string of the molecule is COCCCOc1cc(CN(C(=O)C2CN(C(=O)OC(C)(C)C)CC(=O)N2c2cccc(-c3ccccc3)c2)C2CC2)cc(OC)c1. The number of carbonyl (C=O) groups is 3. The van der Waals surface area contributed by atoms with Crippen LogP contribution < -0.4 is 14.4 Å². The van der Waals surface area contributed by atoms with Gasteiger partial charge in [-0.25, -0.2) is 4.79 Å². The van der Waals surface area contributed by atoms with Gasteiger partial charge in [0.15, 0.2) is 0 Å². The maximum Gasteiger partial charge on any atom is 0.410 e. The molecule has 2 fully saturated rings. The summed E-state index contributed by atoms with van der Waals surface area (Å²) in [6.07, 6.45) is 1.83. The Bertz CT molecular complexity index is 1550. The van der Waals surface area contributed by atoms with Gasteiger partial charge in [0.25, 0.3) is 0 Å². The number of amides is 3. The maximum absolute atomic E-state index is 14.7. The van der Waals surface area contributed by atoms with E-state index in [2.05, 4.69) is 0 Å². The van der Waals surface area contributed by atoms with Crippen LogP contribution in [0.5, 0.6) is 11.5 Å². The van der Waals surface area contributed by atoms with E-state index in [4.69, 9.17) is 18.9 Å². The van der Waals surface area contributed by atoms with Gasteiger partial charge in [-0.05, 0) is 74.6 Å². The van der Waals surface area contributed by atoms with Crippen molar-refractivity contribution >= 4 is 23.6 Å². The third kappa shape index (κ3) is 8.83. The van der Waals surface area contributed by atoms with Gasteiger partial charge in [0.1, 0.15) is 29.7 Å². The molecule has 47 heavy (non-hydrogen) atoms. The van der Waals surface area contributed by atoms with Crippen molar-refractivity contribution < 1.29 is 33.3 Å². The molecular formula is C37H45N3O7. The van der Waals surface area contributed by atoms with E-state index in [9.17, 15) is 14.4 Å². The van der Waals surface area contributed by atoms with Crippen LogP contribution in [0, 0.1) is 0 Å². The maximum atomic E-state index is 14.7. The molecule has 1 saturated carbocycles. The Labute approximate surface area is 277 Å². The lowest BCUT2D eigenvalue weighted by Crippen LogP contribution is -2.63. The number of hydrogen-bond donors (Lipinski definition) is 0. The normalized spacial score (nSPS) is 16.5. The highest BCUT2D eigenvalue weighted by molar-refractivity contribution is 6.04. The number of nitrogens with zero attached hydrogens (tertiary/aromatic N) is 3. The van der Waals surface area contributed by atoms with Crippen molar-refractivity contribution in [3.8, 4) is 22.6 Å². The number of piperazine rings is 1. The summed E-state index contributed by atoms with van der Waals surface area (Å²) >= 11 is 0. The fraction of sp³-hybridized carbons (Fsp3) is 0.432. The van der Waals surface area contributed by atoms with Gasteiger partial charge in [-0.2, -0.15) is 0 Å². The number of hydrogen-bond acceptors (Lipinski definition) is 7. The van der Waals surface area contributed by atoms with Gasteiger partial charge < -0.3 is 23.8 Å². The van der Waals surface area contributed by atoms with Crippen molar-refractivity contribution in [1.29, 1.82) is 0 Å². The Morgan fingerprint density at radius 3 is 2.30 bits per heavy atom. The van der Waals surface area contributed by atoms with E-state index >= 15 is 0 Å². The lowest BCUT2D eigenvalue weighted by molar-refractivity contribution is -0.138. The summed E-state index contributed by atoms with van der Waals surface area (Å²) in [5.41, 5.74) is 2.61. The average molecular weight is 644 g/mol. The molecule has 1 saturated heterocycles. The summed E-state index contributed by atoms with van der Waals surface area (Å²) in [4.78, 5) is 46.6. The second kappa shape index (κ2) is 14.9. The molecule has 0 aromatic heterocycles. The molecule has 1 aliphatic heterocycles. The number of anilines is 1. The first-order valence-electron chi connectivity index (χ1n) is 16.1. The number of benzene rings is 3. The third-order valence-corrected chi connectivity index (χ3v) is 8.03. The minimum atomic E-state index is -0.953. The lowest BCUT2D eigenvalue weighted by Gasteiger charge is -2.42. The van der Waals surface area contributed by atoms with Crippen molar-refractivity contribution in [3.05, 3.63) is 78.4 Å². The molecular weight excluding hydrogens is 598 g/mol. The molecule has 5 rings (SSSR count). The second-order valence-electron chi connectivity index (χ2n) is 13.0. The molecule has 1 aliphatic carbocycles. The predicted octanol–water partition coefficient (Wildman–Crippen LogP) is 5.92. The number of ether oxygens (including phenoxy) is 4. The monoisotopic (exact) mass is 643 g/mol. The van der Waals surface area contributed by atoms with E-state index in [1.165, 1.54) is 4.90 Å². The summed E-state index contributed by atoms with van der Waals surface area (Å²) in [5, 5.41) is 0. The molecule has 1 unspecified atom stereocenters. The highest BCUT2D eigenvalue weighted by atomic mass is 16.6. The fourth-order valence-corrected chi connectivity index (χ4v) is 5.69. The van der Waals surface area contributed by atoms with Crippen molar-refractivity contribution in [2.45, 2.75) is 64.3 Å². The molecule has 3 aromatic carbocycles. The molecule has 3 aromatic rings. The molecule has 10 nitrogen and oxygen atoms in total. The zero-order valence-electron chi connectivity index (χ0n) is 27.9. The molecule has 0 N–H and O–H groups in total. The third-order valence-electron chi connectivity index (χ3n) is 8.03. The number of methoxy groups -OCH3 is 2. The quantitative estimate of drug-likeness (QED) is 0.226. The van der Waals surface area contributed by atoms with Crippen LogP contribution in [0.4, 0.5) is 10.5 Å². The van der Waals surface area contributed by atoms with Crippen molar-refractivity contribution in [2.24, 2.45) is 0 Å². The molecule has 10 heteroatoms. The zero-order valence-corrected chi connectivity index (χ0v) is 27.9. The van der Waals surface area contributed by atoms with Crippen LogP contribution in [0.1, 0.15) is 45.6 Å². The van der Waals surface area contributed by atoms with Gasteiger partial charge in [0, 0.05) is 44.5 Å². The molecule has 1 atom stereocenters. The predicted molar refractivity (Wildman–Crippen MR) is 180 cm³/mol. The average Bonchev–Trinajstić information content (AvgIpc) is 3.90. The summed E-state index contributed by atoms with van der Waals surface area (Å²) in [6.45, 7) is 6.50. The van der Waals surface area contributed by atoms with E-state index in [1.54, 1.807) is 39.9 Å². The highest BCUT2D eigenvalue weighted by Gasteiger charge is 2.45. The Morgan fingerprint density at radius 1 is 0.894 bits per heavy atom. The summed E-state index contributed by atoms with van der Waals surface area (Å²) < 4.78 is 22.3. The highest BCUT2D eigenvalue weighted by Crippen LogP contribution is 2.34. The van der Waals surface area contributed by atoms with E-state index in [0.29, 0.717) is 36.9 Å². The standard InChI is InChI=1S/C37H45N3O7/c1-37(2,3)47-36(43)38-24-33(40(34(41)25-38)30-14-9-13-28(21-30)27-11-7-6-8-12-27)35(42)39(29-15-16-29)23-26-19-31(45-5)22-32(20-26)46-18-10-17-44-4/h6-9,11-14,19-22,29,33H,10,15-18,23-25H2,1-5H3. The summed E-state index contributed by atoms with van der Waals surface area (Å²) in [6, 6.07) is 22.2. The Balaban J connectivity index is 1.47. The minimum absolute atomic E-state index is 0.00421. The molecule has 1 heterocycles. The van der Waals surface area contributed by atoms with Crippen molar-refractivity contribution in [2.75, 3.05) is 45.4 Å². The van der Waals surface area contributed by atoms with Crippen molar-refractivity contribution in [1.82, 2.24) is 9.80 Å². The van der Waals surface area contributed by atoms with Crippen molar-refractivity contribution in [3.63, 3.8) is 0 Å². The Morgan fingerprint density at radius 2 is 1.62 bits per heavy atom. The van der Waals surface area contributed by atoms with Crippen LogP contribution in [0.3, 0.4) is 0 Å². The first-order valence-corrected chi connectivity index (χ1v) is 16.1. The Kier molecular flexibility index (Phi) is 10.7. The van der Waals surface area contributed by atoms with Crippen LogP contribution in [0.2, 0.25) is 0 Å². The number of rotatable bonds is 12. The molecule has 3 amide bonds. The number of carbonyl (C=O) groups excluding carboxylic acids is 3. The Hall–Kier alpha value is -4.57. The molecule has 2 aliphatic rings. The zero-order chi connectivity index (χ0) is 33.6. The fourth-order valence-electron chi connectivity index (χ4n) is 5.69. The van der Waals surface area contributed by atoms with Gasteiger partial charge in [0.05, 0.1) is 20.3 Å². The molecule has 0 bridgehead atoms. The van der Waals surface area contributed by atoms with Gasteiger partial charge in [-0.1, -0.05) is 42.5 Å². The minimum Gasteiger partial charge on any atom is -0.497 e. The molecule has 250 valence electrons. The smallest absolute Gasteiger partial charge is 0.410 e.